The van der Waals surface area contributed by atoms with Crippen molar-refractivity contribution in [1.82, 2.24) is 0 Å². The molecule has 2 N–H and O–H groups in total. The molecule has 14 heavy (non-hydrogen) atoms. The zero-order chi connectivity index (χ0) is 11.3. The van der Waals surface area contributed by atoms with Gasteiger partial charge in [0, 0.05) is 5.82 Å². The second kappa shape index (κ2) is 6.05. The van der Waals surface area contributed by atoms with Crippen molar-refractivity contribution in [2.24, 2.45) is 17.8 Å². The van der Waals surface area contributed by atoms with Gasteiger partial charge in [0.1, 0.15) is 0 Å². The molecule has 0 radical (unpaired) electrons. The third kappa shape index (κ3) is 3.32. The lowest BCUT2D eigenvalue weighted by Crippen LogP contribution is -2.30. The van der Waals surface area contributed by atoms with Crippen LogP contribution in [0.2, 0.25) is 5.82 Å². The summed E-state index contributed by atoms with van der Waals surface area (Å²) in [5.41, 5.74) is 0. The van der Waals surface area contributed by atoms with Gasteiger partial charge in [-0.05, 0) is 11.8 Å². The van der Waals surface area contributed by atoms with E-state index in [9.17, 15) is 0 Å². The molecular weight excluding hydrogens is 177 g/mol. The summed E-state index contributed by atoms with van der Waals surface area (Å²) in [6.45, 7) is 7.87. The maximum atomic E-state index is 9.05. The van der Waals surface area contributed by atoms with Gasteiger partial charge in [-0.25, -0.2) is 0 Å². The Balaban J connectivity index is 4.61. The van der Waals surface area contributed by atoms with Gasteiger partial charge in [0.2, 0.25) is 0 Å². The molecule has 0 fully saturated rings. The van der Waals surface area contributed by atoms with Crippen LogP contribution in [-0.4, -0.2) is 17.2 Å². The van der Waals surface area contributed by atoms with Crippen molar-refractivity contribution in [3.05, 3.63) is 0 Å². The van der Waals surface area contributed by atoms with Gasteiger partial charge >= 0.3 is 7.12 Å². The Morgan fingerprint density at radius 1 is 1.29 bits per heavy atom. The van der Waals surface area contributed by atoms with E-state index in [0.29, 0.717) is 5.92 Å². The second-order valence-electron chi connectivity index (χ2n) is 4.24. The van der Waals surface area contributed by atoms with Crippen LogP contribution in [0.25, 0.3) is 0 Å². The molecule has 3 atom stereocenters. The predicted molar refractivity (Wildman–Crippen MR) is 57.3 cm³/mol. The van der Waals surface area contributed by atoms with Gasteiger partial charge in [-0.3, -0.25) is 0 Å². The highest BCUT2D eigenvalue weighted by Gasteiger charge is 2.34. The minimum absolute atomic E-state index is 0.233. The Labute approximate surface area is 86.9 Å². The molecule has 3 unspecified atom stereocenters. The number of hydrogen-bond acceptors (Lipinski definition) is 3. The van der Waals surface area contributed by atoms with Crippen molar-refractivity contribution < 1.29 is 10.0 Å². The van der Waals surface area contributed by atoms with E-state index < -0.39 is 7.12 Å². The smallest absolute Gasteiger partial charge is 0.427 e. The summed E-state index contributed by atoms with van der Waals surface area (Å²) in [6, 6.07) is 2.20. The van der Waals surface area contributed by atoms with E-state index in [-0.39, 0.29) is 17.7 Å². The highest BCUT2D eigenvalue weighted by Crippen LogP contribution is 2.33. The van der Waals surface area contributed by atoms with Crippen LogP contribution in [0.1, 0.15) is 34.1 Å². The Kier molecular flexibility index (Phi) is 5.82. The number of nitriles is 1. The van der Waals surface area contributed by atoms with Crippen molar-refractivity contribution in [3.63, 3.8) is 0 Å². The van der Waals surface area contributed by atoms with E-state index in [4.69, 9.17) is 15.3 Å². The average Bonchev–Trinajstić information content (AvgIpc) is 2.11. The fourth-order valence-electron chi connectivity index (χ4n) is 1.93. The van der Waals surface area contributed by atoms with Crippen LogP contribution in [0.4, 0.5) is 0 Å². The lowest BCUT2D eigenvalue weighted by Gasteiger charge is -2.28. The number of nitrogens with zero attached hydrogens (tertiary/aromatic N) is 1. The summed E-state index contributed by atoms with van der Waals surface area (Å²) in [6.07, 6.45) is 0.896. The van der Waals surface area contributed by atoms with Crippen LogP contribution < -0.4 is 0 Å². The van der Waals surface area contributed by atoms with E-state index in [1.807, 2.05) is 6.92 Å². The molecule has 0 aromatic heterocycles. The quantitative estimate of drug-likeness (QED) is 0.659. The number of rotatable bonds is 5. The van der Waals surface area contributed by atoms with Crippen LogP contribution in [0, 0.1) is 29.1 Å². The maximum absolute atomic E-state index is 9.05. The average molecular weight is 197 g/mol. The molecule has 3 nitrogen and oxygen atoms in total. The second-order valence-corrected chi connectivity index (χ2v) is 4.24. The van der Waals surface area contributed by atoms with Gasteiger partial charge in [-0.1, -0.05) is 34.1 Å². The summed E-state index contributed by atoms with van der Waals surface area (Å²) in [4.78, 5) is 0. The van der Waals surface area contributed by atoms with Gasteiger partial charge < -0.3 is 10.0 Å². The van der Waals surface area contributed by atoms with Crippen LogP contribution in [0.5, 0.6) is 0 Å². The summed E-state index contributed by atoms with van der Waals surface area (Å²) >= 11 is 0. The molecule has 0 bridgehead atoms. The third-order valence-corrected chi connectivity index (χ3v) is 2.97. The molecule has 0 saturated heterocycles. The van der Waals surface area contributed by atoms with E-state index >= 15 is 0 Å². The van der Waals surface area contributed by atoms with E-state index in [2.05, 4.69) is 19.9 Å². The first-order valence-corrected chi connectivity index (χ1v) is 5.21. The minimum Gasteiger partial charge on any atom is -0.427 e. The van der Waals surface area contributed by atoms with Gasteiger partial charge in [0.25, 0.3) is 0 Å². The molecule has 0 spiro atoms. The first-order valence-electron chi connectivity index (χ1n) is 5.21. The zero-order valence-corrected chi connectivity index (χ0v) is 9.44. The molecule has 0 aliphatic rings. The molecule has 80 valence electrons. The Bertz CT molecular complexity index is 201. The standard InChI is InChI=1S/C10H20BNO2/c1-5-9(7(2)3)10(6-12)8(4)11(13)14/h7-10,13-14H,5H2,1-4H3. The van der Waals surface area contributed by atoms with Gasteiger partial charge in [0.15, 0.2) is 0 Å². The zero-order valence-electron chi connectivity index (χ0n) is 9.44. The largest absolute Gasteiger partial charge is 0.455 e. The van der Waals surface area contributed by atoms with Crippen LogP contribution in [0.15, 0.2) is 0 Å². The molecular formula is C10H20BNO2. The molecule has 0 aromatic carbocycles. The van der Waals surface area contributed by atoms with Gasteiger partial charge in [-0.15, -0.1) is 0 Å². The van der Waals surface area contributed by atoms with Crippen LogP contribution in [-0.2, 0) is 0 Å². The SMILES string of the molecule is CCC(C(C)C)C(C#N)C(C)B(O)O. The first-order chi connectivity index (χ1) is 6.45. The molecule has 0 aliphatic carbocycles. The van der Waals surface area contributed by atoms with Crippen LogP contribution in [0.3, 0.4) is 0 Å². The van der Waals surface area contributed by atoms with Gasteiger partial charge in [0.05, 0.1) is 12.0 Å². The number of hydrogen-bond donors (Lipinski definition) is 2. The third-order valence-electron chi connectivity index (χ3n) is 2.97. The van der Waals surface area contributed by atoms with Crippen molar-refractivity contribution in [2.75, 3.05) is 0 Å². The molecule has 4 heteroatoms. The lowest BCUT2D eigenvalue weighted by atomic mass is 9.61. The summed E-state index contributed by atoms with van der Waals surface area (Å²) < 4.78 is 0. The highest BCUT2D eigenvalue weighted by molar-refractivity contribution is 6.43. The minimum atomic E-state index is -1.40. The molecule has 0 amide bonds. The lowest BCUT2D eigenvalue weighted by molar-refractivity contribution is 0.262. The predicted octanol–water partition coefficient (Wildman–Crippen LogP) is 1.67. The summed E-state index contributed by atoms with van der Waals surface area (Å²) in [5.74, 6) is -0.0324. The maximum Gasteiger partial charge on any atom is 0.455 e. The monoisotopic (exact) mass is 197 g/mol. The molecule has 0 heterocycles. The summed E-state index contributed by atoms with van der Waals surface area (Å²) in [7, 11) is -1.40. The highest BCUT2D eigenvalue weighted by atomic mass is 16.4. The molecule has 0 rings (SSSR count). The Hall–Kier alpha value is -0.525. The van der Waals surface area contributed by atoms with Crippen molar-refractivity contribution >= 4 is 7.12 Å². The van der Waals surface area contributed by atoms with E-state index in [1.165, 1.54) is 0 Å². The van der Waals surface area contributed by atoms with Crippen LogP contribution >= 0.6 is 0 Å². The van der Waals surface area contributed by atoms with E-state index in [0.717, 1.165) is 6.42 Å². The topological polar surface area (TPSA) is 64.2 Å². The molecule has 0 aromatic rings. The van der Waals surface area contributed by atoms with Crippen molar-refractivity contribution in [3.8, 4) is 6.07 Å². The molecule has 0 aliphatic heterocycles. The fraction of sp³-hybridized carbons (Fsp3) is 0.900. The Morgan fingerprint density at radius 2 is 1.79 bits per heavy atom. The van der Waals surface area contributed by atoms with Crippen molar-refractivity contribution in [1.29, 1.82) is 5.26 Å². The normalized spacial score (nSPS) is 17.3. The van der Waals surface area contributed by atoms with Gasteiger partial charge in [-0.2, -0.15) is 5.26 Å². The molecule has 0 saturated carbocycles. The first kappa shape index (κ1) is 13.5. The summed E-state index contributed by atoms with van der Waals surface area (Å²) in [5, 5.41) is 27.1. The van der Waals surface area contributed by atoms with E-state index in [1.54, 1.807) is 6.92 Å². The van der Waals surface area contributed by atoms with Crippen molar-refractivity contribution in [2.45, 2.75) is 39.9 Å². The fourth-order valence-corrected chi connectivity index (χ4v) is 1.93. The Morgan fingerprint density at radius 3 is 2.00 bits per heavy atom.